The minimum Gasteiger partial charge on any atom is -0.393 e. The van der Waals surface area contributed by atoms with Crippen LogP contribution in [0.1, 0.15) is 79.1 Å². The van der Waals surface area contributed by atoms with E-state index < -0.39 is 0 Å². The van der Waals surface area contributed by atoms with Crippen LogP contribution < -0.4 is 5.32 Å². The van der Waals surface area contributed by atoms with Gasteiger partial charge in [-0.2, -0.15) is 8.75 Å². The predicted octanol–water partition coefficient (Wildman–Crippen LogP) is 5.68. The summed E-state index contributed by atoms with van der Waals surface area (Å²) in [7, 11) is 0. The van der Waals surface area contributed by atoms with Crippen molar-refractivity contribution in [3.63, 3.8) is 0 Å². The van der Waals surface area contributed by atoms with E-state index in [0.29, 0.717) is 10.9 Å². The smallest absolute Gasteiger partial charge is 0.280 e. The number of carbonyl (C=O) groups is 1. The number of aromatic nitrogens is 4. The lowest BCUT2D eigenvalue weighted by Crippen LogP contribution is -2.38. The number of fused-ring (bicyclic) bond motifs is 2. The third-order valence-electron chi connectivity index (χ3n) is 8.73. The van der Waals surface area contributed by atoms with E-state index in [1.165, 1.54) is 28.6 Å². The molecule has 0 spiro atoms. The number of aliphatic hydroxyl groups is 1. The van der Waals surface area contributed by atoms with Crippen LogP contribution in [0.25, 0.3) is 21.6 Å². The molecule has 4 aromatic rings. The number of benzene rings is 1. The maximum absolute atomic E-state index is 13.6. The molecule has 3 aromatic heterocycles. The van der Waals surface area contributed by atoms with Gasteiger partial charge in [-0.15, -0.1) is 0 Å². The number of carbonyl (C=O) groups excluding carboxylic acids is 1. The van der Waals surface area contributed by atoms with Crippen LogP contribution in [0.2, 0.25) is 0 Å². The van der Waals surface area contributed by atoms with Gasteiger partial charge in [-0.1, -0.05) is 56.4 Å². The largest absolute Gasteiger partial charge is 0.393 e. The molecule has 10 heteroatoms. The number of rotatable bonds is 7. The van der Waals surface area contributed by atoms with E-state index in [1.54, 1.807) is 6.20 Å². The highest BCUT2D eigenvalue weighted by Crippen LogP contribution is 2.38. The molecule has 1 aromatic carbocycles. The molecule has 1 aliphatic carbocycles. The Morgan fingerprint density at radius 2 is 1.93 bits per heavy atom. The van der Waals surface area contributed by atoms with Gasteiger partial charge >= 0.3 is 0 Å². The number of amides is 1. The van der Waals surface area contributed by atoms with Crippen LogP contribution in [0.4, 0.5) is 0 Å². The van der Waals surface area contributed by atoms with Crippen LogP contribution in [-0.4, -0.2) is 60.4 Å². The highest BCUT2D eigenvalue weighted by Gasteiger charge is 2.30. The Kier molecular flexibility index (Phi) is 8.18. The normalized spacial score (nSPS) is 19.3. The summed E-state index contributed by atoms with van der Waals surface area (Å²) in [6.07, 6.45) is 7.08. The summed E-state index contributed by atoms with van der Waals surface area (Å²) in [6.45, 7) is 9.54. The van der Waals surface area contributed by atoms with Gasteiger partial charge in [0.25, 0.3) is 5.91 Å². The number of piperidine rings is 1. The summed E-state index contributed by atoms with van der Waals surface area (Å²) in [5.74, 6) is 0.461. The number of pyridine rings is 1. The Labute approximate surface area is 249 Å². The van der Waals surface area contributed by atoms with Crippen molar-refractivity contribution in [3.8, 4) is 11.3 Å². The molecule has 6 rings (SSSR count). The summed E-state index contributed by atoms with van der Waals surface area (Å²) in [5.41, 5.74) is 6.43. The maximum Gasteiger partial charge on any atom is 0.280 e. The van der Waals surface area contributed by atoms with Crippen molar-refractivity contribution >= 4 is 39.3 Å². The van der Waals surface area contributed by atoms with Crippen LogP contribution >= 0.6 is 23.1 Å². The molecule has 1 saturated heterocycles. The molecule has 1 amide bonds. The van der Waals surface area contributed by atoms with Crippen molar-refractivity contribution in [1.82, 2.24) is 28.9 Å². The average molecular weight is 591 g/mol. The quantitative estimate of drug-likeness (QED) is 0.285. The van der Waals surface area contributed by atoms with Gasteiger partial charge in [0.2, 0.25) is 0 Å². The van der Waals surface area contributed by atoms with E-state index >= 15 is 0 Å². The molecule has 2 aliphatic rings. The van der Waals surface area contributed by atoms with Crippen LogP contribution in [0.15, 0.2) is 36.5 Å². The Hall–Kier alpha value is -2.79. The molecule has 0 saturated carbocycles. The molecule has 41 heavy (non-hydrogen) atoms. The number of likely N-dealkylation sites (tertiary alicyclic amines) is 1. The standard InChI is InChI=1S/C31H38N6O2S2/c1-31(2,3)22-8-9-24-21(16-22)17-26-29(34-24)40-30(35-26)28(39)33-25(12-15-37-13-10-23(38)11-14-37)19-4-6-20(7-5-19)27-18-32-41-36-27/h4-7,17-18,22-23,25,38H,8-16H2,1-3H3,(H,33,39)/t22-,25?/m0/s1. The molecular weight excluding hydrogens is 553 g/mol. The van der Waals surface area contributed by atoms with Gasteiger partial charge in [-0.05, 0) is 67.1 Å². The summed E-state index contributed by atoms with van der Waals surface area (Å²) in [4.78, 5) is 26.5. The van der Waals surface area contributed by atoms with Crippen molar-refractivity contribution < 1.29 is 9.90 Å². The van der Waals surface area contributed by atoms with Gasteiger partial charge in [0.05, 0.1) is 30.1 Å². The third-order valence-corrected chi connectivity index (χ3v) is 10.2. The SMILES string of the molecule is CC(C)(C)[C@H]1CCc2nc3sc(C(=O)NC(CCN4CCC(O)CC4)c4ccc(-c5cnsn5)cc4)nc3cc2C1. The van der Waals surface area contributed by atoms with Crippen molar-refractivity contribution in [2.75, 3.05) is 19.6 Å². The van der Waals surface area contributed by atoms with E-state index in [0.717, 1.165) is 91.0 Å². The van der Waals surface area contributed by atoms with Gasteiger partial charge in [-0.25, -0.2) is 9.97 Å². The fraction of sp³-hybridized carbons (Fsp3) is 0.516. The second-order valence-electron chi connectivity index (χ2n) is 12.5. The first-order valence-corrected chi connectivity index (χ1v) is 16.2. The first-order chi connectivity index (χ1) is 19.7. The number of thiazole rings is 1. The van der Waals surface area contributed by atoms with Gasteiger partial charge in [-0.3, -0.25) is 4.79 Å². The van der Waals surface area contributed by atoms with Crippen molar-refractivity contribution in [1.29, 1.82) is 0 Å². The van der Waals surface area contributed by atoms with Crippen LogP contribution in [-0.2, 0) is 12.8 Å². The lowest BCUT2D eigenvalue weighted by Gasteiger charge is -2.34. The van der Waals surface area contributed by atoms with E-state index in [9.17, 15) is 9.90 Å². The second kappa shape index (κ2) is 11.8. The maximum atomic E-state index is 13.6. The first kappa shape index (κ1) is 28.3. The zero-order valence-corrected chi connectivity index (χ0v) is 25.6. The Morgan fingerprint density at radius 3 is 2.63 bits per heavy atom. The average Bonchev–Trinajstić information content (AvgIpc) is 3.64. The van der Waals surface area contributed by atoms with Crippen molar-refractivity contribution in [3.05, 3.63) is 58.4 Å². The monoisotopic (exact) mass is 590 g/mol. The highest BCUT2D eigenvalue weighted by atomic mass is 32.1. The Balaban J connectivity index is 1.21. The van der Waals surface area contributed by atoms with Crippen LogP contribution in [0, 0.1) is 11.3 Å². The second-order valence-corrected chi connectivity index (χ2v) is 14.1. The molecule has 4 heterocycles. The molecule has 216 valence electrons. The third kappa shape index (κ3) is 6.51. The Morgan fingerprint density at radius 1 is 1.15 bits per heavy atom. The van der Waals surface area contributed by atoms with Gasteiger partial charge in [0.15, 0.2) is 5.01 Å². The molecular formula is C31H38N6O2S2. The molecule has 2 atom stereocenters. The summed E-state index contributed by atoms with van der Waals surface area (Å²) in [5, 5.41) is 13.7. The summed E-state index contributed by atoms with van der Waals surface area (Å²) >= 11 is 2.58. The number of hydrogen-bond acceptors (Lipinski definition) is 9. The van der Waals surface area contributed by atoms with E-state index in [1.807, 2.05) is 12.1 Å². The van der Waals surface area contributed by atoms with Gasteiger partial charge in [0.1, 0.15) is 16.0 Å². The Bertz CT molecular complexity index is 1490. The van der Waals surface area contributed by atoms with Crippen molar-refractivity contribution in [2.45, 2.75) is 71.4 Å². The zero-order valence-electron chi connectivity index (χ0n) is 24.0. The highest BCUT2D eigenvalue weighted by molar-refractivity contribution is 7.19. The van der Waals surface area contributed by atoms with Gasteiger partial charge in [0, 0.05) is 30.9 Å². The lowest BCUT2D eigenvalue weighted by atomic mass is 9.71. The summed E-state index contributed by atoms with van der Waals surface area (Å²) in [6, 6.07) is 10.2. The molecule has 1 aliphatic heterocycles. The molecule has 1 unspecified atom stereocenters. The number of nitrogens with zero attached hydrogens (tertiary/aromatic N) is 5. The molecule has 1 fully saturated rings. The van der Waals surface area contributed by atoms with E-state index in [2.05, 4.69) is 57.9 Å². The number of aryl methyl sites for hydroxylation is 1. The summed E-state index contributed by atoms with van der Waals surface area (Å²) < 4.78 is 8.45. The topological polar surface area (TPSA) is 104 Å². The van der Waals surface area contributed by atoms with Crippen LogP contribution in [0.3, 0.4) is 0 Å². The van der Waals surface area contributed by atoms with Gasteiger partial charge < -0.3 is 15.3 Å². The number of hydrogen-bond donors (Lipinski definition) is 2. The number of aliphatic hydroxyl groups excluding tert-OH is 1. The fourth-order valence-corrected chi connectivity index (χ4v) is 7.30. The molecule has 0 radical (unpaired) electrons. The predicted molar refractivity (Wildman–Crippen MR) is 164 cm³/mol. The van der Waals surface area contributed by atoms with E-state index in [-0.39, 0.29) is 23.5 Å². The minimum absolute atomic E-state index is 0.162. The fourth-order valence-electron chi connectivity index (χ4n) is 6.02. The molecule has 2 N–H and O–H groups in total. The lowest BCUT2D eigenvalue weighted by molar-refractivity contribution is 0.0795. The first-order valence-electron chi connectivity index (χ1n) is 14.6. The molecule has 8 nitrogen and oxygen atoms in total. The van der Waals surface area contributed by atoms with Crippen LogP contribution in [0.5, 0.6) is 0 Å². The molecule has 0 bridgehead atoms. The van der Waals surface area contributed by atoms with Crippen molar-refractivity contribution in [2.24, 2.45) is 11.3 Å². The minimum atomic E-state index is -0.202. The van der Waals surface area contributed by atoms with E-state index in [4.69, 9.17) is 9.97 Å². The number of nitrogens with one attached hydrogen (secondary N) is 1. The zero-order chi connectivity index (χ0) is 28.6.